The van der Waals surface area contributed by atoms with Gasteiger partial charge in [-0.3, -0.25) is 57.4 Å². The van der Waals surface area contributed by atoms with Crippen molar-refractivity contribution in [3.05, 3.63) is 255 Å². The Bertz CT molecular complexity index is 6650. The molecule has 0 unspecified atom stereocenters. The molecule has 3 fully saturated rings. The molecule has 15 rings (SSSR count). The molecule has 696 valence electrons. The van der Waals surface area contributed by atoms with Gasteiger partial charge in [-0.1, -0.05) is 154 Å². The maximum atomic E-state index is 15.6. The minimum atomic E-state index is -1.67. The van der Waals surface area contributed by atoms with Gasteiger partial charge in [-0.15, -0.1) is 0 Å². The minimum Gasteiger partial charge on any atom is -0.395 e. The summed E-state index contributed by atoms with van der Waals surface area (Å²) in [5, 5.41) is 27.9. The van der Waals surface area contributed by atoms with Crippen LogP contribution in [0.2, 0.25) is 40.2 Å². The van der Waals surface area contributed by atoms with Gasteiger partial charge in [0.1, 0.15) is 68.2 Å². The van der Waals surface area contributed by atoms with E-state index in [0.717, 1.165) is 0 Å². The topological polar surface area (TPSA) is 363 Å². The van der Waals surface area contributed by atoms with Crippen molar-refractivity contribution in [1.82, 2.24) is 58.3 Å². The highest BCUT2D eigenvalue weighted by Gasteiger charge is 2.38. The Kier molecular flexibility index (Phi) is 29.3. The first-order valence-electron chi connectivity index (χ1n) is 41.3. The van der Waals surface area contributed by atoms with Crippen molar-refractivity contribution >= 4 is 178 Å². The summed E-state index contributed by atoms with van der Waals surface area (Å²) in [6, 6.07) is 15.5. The third-order valence-electron chi connectivity index (χ3n) is 23.2. The van der Waals surface area contributed by atoms with E-state index in [1.807, 2.05) is 47.6 Å². The van der Waals surface area contributed by atoms with Gasteiger partial charge in [0.05, 0.1) is 126 Å². The molecule has 3 aromatic carbocycles. The molecule has 0 spiro atoms. The second kappa shape index (κ2) is 39.8. The van der Waals surface area contributed by atoms with Crippen molar-refractivity contribution in [2.45, 2.75) is 80.1 Å². The van der Waals surface area contributed by atoms with Crippen LogP contribution in [0.4, 0.5) is 64.9 Å². The molecule has 0 saturated carbocycles. The zero-order valence-electron chi connectivity index (χ0n) is 73.2. The van der Waals surface area contributed by atoms with Crippen molar-refractivity contribution in [1.29, 1.82) is 15.8 Å². The molecule has 12 heterocycles. The number of fused-ring (bicyclic) bond motifs is 3. The van der Waals surface area contributed by atoms with Crippen LogP contribution in [-0.2, 0) is 14.4 Å². The summed E-state index contributed by atoms with van der Waals surface area (Å²) >= 11 is 50.9. The normalized spacial score (nSPS) is 13.4. The fraction of sp³-hybridized carbons (Fsp3) is 0.258. The van der Waals surface area contributed by atoms with Gasteiger partial charge in [0.2, 0.25) is 17.7 Å². The number of hydrogen-bond acceptors (Lipinski definition) is 21. The second-order valence-corrected chi connectivity index (χ2v) is 35.3. The molecule has 3 amide bonds. The number of nitrogens with two attached hydrogens (primary N) is 3. The van der Waals surface area contributed by atoms with Gasteiger partial charge in [0, 0.05) is 113 Å². The Balaban J connectivity index is 0.000000171. The van der Waals surface area contributed by atoms with E-state index in [1.165, 1.54) is 50.1 Å². The number of anilines is 6. The van der Waals surface area contributed by atoms with Gasteiger partial charge < -0.3 is 46.6 Å². The predicted octanol–water partition coefficient (Wildman–Crippen LogP) is 18.7. The second-order valence-electron chi connectivity index (χ2n) is 32.2. The smallest absolute Gasteiger partial charge is 0.276 e. The third kappa shape index (κ3) is 17.7. The molecule has 135 heavy (non-hydrogen) atoms. The summed E-state index contributed by atoms with van der Waals surface area (Å²) in [4.78, 5) is 117. The number of aryl methyl sites for hydroxylation is 3. The van der Waals surface area contributed by atoms with Crippen molar-refractivity contribution in [2.75, 3.05) is 110 Å². The lowest BCUT2D eigenvalue weighted by Crippen LogP contribution is -2.49. The van der Waals surface area contributed by atoms with Gasteiger partial charge >= 0.3 is 0 Å². The van der Waals surface area contributed by atoms with Gasteiger partial charge in [-0.2, -0.15) is 15.8 Å². The predicted molar refractivity (Wildman–Crippen MR) is 512 cm³/mol. The van der Waals surface area contributed by atoms with E-state index in [1.54, 1.807) is 87.0 Å². The van der Waals surface area contributed by atoms with E-state index < -0.39 is 122 Å². The highest BCUT2D eigenvalue weighted by Crippen LogP contribution is 2.49. The average Bonchev–Trinajstić information content (AvgIpc) is 0.728. The fourth-order valence-corrected chi connectivity index (χ4v) is 18.4. The SMILES string of the molecule is C=CC(=O)N1CCN(c2c(C#N)c(=O)n(-c3c(C)ccnc3C(C)C)c3nc(-c4c(F)c(Cl)c(F)c(N)c4Cl)c(Cl)cc23)CC1.C=CC(=O)N1CCN(c2c(C#N)c(=O)n(-c3c(C)ccnc3C(C)C)c3nc(-c4c(F)c(N)c(F)c(Cl)c4Cl)c(Cl)cc23)CC1.C=CC(=O)N1CCN(c2c(C#N)c(=O)n(-c3c(C)ccnc3C(C)C)c3nc(-c4c(F)c(N)c(F)c(F)c4Cl)c(Cl)cc23)CC1. The Morgan fingerprint density at radius 3 is 0.933 bits per heavy atom. The third-order valence-corrected chi connectivity index (χ3v) is 26.0. The number of nitrogen functional groups attached to an aromatic ring is 3. The number of amides is 3. The lowest BCUT2D eigenvalue weighted by molar-refractivity contribution is -0.127. The van der Waals surface area contributed by atoms with E-state index in [0.29, 0.717) is 87.8 Å². The zero-order valence-corrected chi connectivity index (χ0v) is 79.2. The number of nitriles is 3. The Labute approximate surface area is 806 Å². The largest absolute Gasteiger partial charge is 0.395 e. The van der Waals surface area contributed by atoms with Crippen LogP contribution in [0.3, 0.4) is 0 Å². The molecule has 42 heteroatoms. The van der Waals surface area contributed by atoms with Gasteiger partial charge in [0.15, 0.2) is 40.7 Å². The summed E-state index contributed by atoms with van der Waals surface area (Å²) in [5.41, 5.74) is 14.3. The lowest BCUT2D eigenvalue weighted by atomic mass is 10.0. The van der Waals surface area contributed by atoms with Crippen LogP contribution in [0.25, 0.3) is 83.9 Å². The Morgan fingerprint density at radius 1 is 0.378 bits per heavy atom. The number of carbonyl (C=O) groups excluding carboxylic acids is 3. The molecule has 0 aliphatic carbocycles. The highest BCUT2D eigenvalue weighted by atomic mass is 35.5. The monoisotopic (exact) mass is 2000 g/mol. The number of piperazine rings is 3. The molecule has 27 nitrogen and oxygen atoms in total. The molecule has 6 N–H and O–H groups in total. The summed E-state index contributed by atoms with van der Waals surface area (Å²) in [6.45, 7) is 30.6. The van der Waals surface area contributed by atoms with Gasteiger partial charge in [-0.25, -0.2) is 45.7 Å². The van der Waals surface area contributed by atoms with Gasteiger partial charge in [-0.05, 0) is 110 Å². The highest BCUT2D eigenvalue weighted by molar-refractivity contribution is 6.45. The van der Waals surface area contributed by atoms with Crippen molar-refractivity contribution in [2.24, 2.45) is 0 Å². The maximum Gasteiger partial charge on any atom is 0.276 e. The standard InChI is InChI=1S/2C31H26Cl3F2N7O2.C31H26Cl2F3N7O2/c1-5-19(44)41-8-10-42(11-9-41)29-16-12-18(32)27(20-21(33)25(38)24(36)22(34)23(20)35)40-30(16)43(31(45)17(29)13-37)28-15(4)6-7-39-26(28)14(2)3;1-5-19(44)41-8-10-42(11-9-41)29-16-12-18(32)27(20-21(33)22(34)24(36)25(38)23(20)35)40-30(16)43(31(45)17(29)13-37)28-15(4)6-7-39-26(28)14(2)3;1-5-19(44)41-8-10-42(11-9-41)29-16-12-18(32)27(20-21(33)23(35)24(36)25(38)22(20)34)40-30(16)43(31(45)17(29)13-37)28-15(4)6-7-39-26(28)14(2)3/h3*5-7,12,14H,1,8-11,38H2,2-4H3. The molecular weight excluding hydrogens is 1920 g/mol. The number of rotatable bonds is 15. The van der Waals surface area contributed by atoms with E-state index in [9.17, 15) is 62.1 Å². The van der Waals surface area contributed by atoms with E-state index in [-0.39, 0.29) is 170 Å². The van der Waals surface area contributed by atoms with E-state index in [2.05, 4.69) is 61.8 Å². The molecule has 3 aliphatic heterocycles. The number of benzene rings is 3. The maximum absolute atomic E-state index is 15.6. The van der Waals surface area contributed by atoms with E-state index >= 15 is 13.2 Å². The molecule has 3 aliphatic rings. The van der Waals surface area contributed by atoms with Crippen LogP contribution in [-0.4, -0.2) is 155 Å². The van der Waals surface area contributed by atoms with Crippen LogP contribution in [0, 0.1) is 95.5 Å². The quantitative estimate of drug-likeness (QED) is 0.0282. The van der Waals surface area contributed by atoms with Crippen molar-refractivity contribution < 1.29 is 45.1 Å². The van der Waals surface area contributed by atoms with Gasteiger partial charge in [0.25, 0.3) is 16.7 Å². The average molecular weight is 2000 g/mol. The first kappa shape index (κ1) is 99.4. The van der Waals surface area contributed by atoms with Crippen LogP contribution in [0.15, 0.2) is 107 Å². The molecule has 12 aromatic rings. The van der Waals surface area contributed by atoms with Crippen molar-refractivity contribution in [3.63, 3.8) is 0 Å². The van der Waals surface area contributed by atoms with Crippen LogP contribution in [0.1, 0.15) is 110 Å². The summed E-state index contributed by atoms with van der Waals surface area (Å²) < 4.78 is 108. The summed E-state index contributed by atoms with van der Waals surface area (Å²) in [6.07, 6.45) is 8.45. The molecule has 0 atom stereocenters. The number of halogens is 15. The number of aromatic nitrogens is 9. The van der Waals surface area contributed by atoms with E-state index in [4.69, 9.17) is 110 Å². The number of pyridine rings is 9. The van der Waals surface area contributed by atoms with Crippen LogP contribution < -0.4 is 48.6 Å². The summed E-state index contributed by atoms with van der Waals surface area (Å²) in [7, 11) is 0. The minimum absolute atomic E-state index is 0.00508. The fourth-order valence-electron chi connectivity index (χ4n) is 16.5. The Hall–Kier alpha value is -13.1. The van der Waals surface area contributed by atoms with Crippen LogP contribution in [0.5, 0.6) is 0 Å². The van der Waals surface area contributed by atoms with Crippen molar-refractivity contribution in [3.8, 4) is 69.0 Å². The first-order chi connectivity index (χ1) is 64.0. The molecular formula is C93H78Cl8F7N21O6. The number of nitrogens with zero attached hydrogens (tertiary/aromatic N) is 18. The lowest BCUT2D eigenvalue weighted by Gasteiger charge is -2.36. The summed E-state index contributed by atoms with van der Waals surface area (Å²) in [5.74, 6) is -10.9. The first-order valence-corrected chi connectivity index (χ1v) is 44.3. The molecule has 0 radical (unpaired) electrons. The molecule has 0 bridgehead atoms. The molecule has 9 aromatic heterocycles. The zero-order chi connectivity index (χ0) is 98.7. The number of hydrogen-bond donors (Lipinski definition) is 3. The molecule has 3 saturated heterocycles. The Morgan fingerprint density at radius 2 is 0.652 bits per heavy atom. The van der Waals surface area contributed by atoms with Crippen LogP contribution >= 0.6 is 92.8 Å². The number of carbonyl (C=O) groups is 3.